The zero-order chi connectivity index (χ0) is 27.5. The van der Waals surface area contributed by atoms with Crippen molar-refractivity contribution in [3.63, 3.8) is 0 Å². The minimum atomic E-state index is -1.01. The normalized spacial score (nSPS) is 13.9. The number of hydrogen-bond donors (Lipinski definition) is 2. The van der Waals surface area contributed by atoms with Crippen LogP contribution in [-0.4, -0.2) is 54.0 Å². The van der Waals surface area contributed by atoms with Crippen LogP contribution in [0, 0.1) is 0 Å². The number of hydrogen-bond acceptors (Lipinski definition) is 7. The molecule has 10 nitrogen and oxygen atoms in total. The summed E-state index contributed by atoms with van der Waals surface area (Å²) in [6.07, 6.45) is 6.06. The Balaban J connectivity index is 1.34. The van der Waals surface area contributed by atoms with Gasteiger partial charge in [-0.2, -0.15) is 10.2 Å². The van der Waals surface area contributed by atoms with Crippen LogP contribution in [0.1, 0.15) is 54.9 Å². The van der Waals surface area contributed by atoms with Crippen LogP contribution in [-0.2, 0) is 6.54 Å². The highest BCUT2D eigenvalue weighted by atomic mass is 16.5. The van der Waals surface area contributed by atoms with Gasteiger partial charge in [0.15, 0.2) is 0 Å². The summed E-state index contributed by atoms with van der Waals surface area (Å²) in [6, 6.07) is 19.6. The van der Waals surface area contributed by atoms with Crippen LogP contribution in [0.25, 0.3) is 33.5 Å². The van der Waals surface area contributed by atoms with Gasteiger partial charge >= 0.3 is 5.97 Å². The summed E-state index contributed by atoms with van der Waals surface area (Å²) in [7, 11) is 0. The lowest BCUT2D eigenvalue weighted by Gasteiger charge is -2.23. The molecule has 204 valence electrons. The second-order valence-corrected chi connectivity index (χ2v) is 9.91. The van der Waals surface area contributed by atoms with Crippen molar-refractivity contribution in [2.75, 3.05) is 6.61 Å². The second-order valence-electron chi connectivity index (χ2n) is 9.91. The first-order chi connectivity index (χ1) is 19.6. The number of rotatable bonds is 9. The summed E-state index contributed by atoms with van der Waals surface area (Å²) in [6.45, 7) is 2.70. The van der Waals surface area contributed by atoms with Crippen molar-refractivity contribution >= 4 is 17.0 Å². The third-order valence-corrected chi connectivity index (χ3v) is 7.27. The number of aromatic carboxylic acids is 1. The van der Waals surface area contributed by atoms with E-state index in [0.717, 1.165) is 40.8 Å². The number of carboxylic acids is 1. The van der Waals surface area contributed by atoms with E-state index in [1.54, 1.807) is 18.2 Å². The number of imidazole rings is 1. The van der Waals surface area contributed by atoms with Gasteiger partial charge in [0, 0.05) is 5.56 Å². The summed E-state index contributed by atoms with van der Waals surface area (Å²) < 4.78 is 14.0. The average molecular weight is 539 g/mol. The van der Waals surface area contributed by atoms with Crippen LogP contribution in [0.2, 0.25) is 0 Å². The van der Waals surface area contributed by atoms with E-state index in [-0.39, 0.29) is 11.7 Å². The molecule has 2 N–H and O–H groups in total. The number of nitrogens with zero attached hydrogens (tertiary/aromatic N) is 5. The van der Waals surface area contributed by atoms with E-state index >= 15 is 0 Å². The largest absolute Gasteiger partial charge is 0.490 e. The minimum absolute atomic E-state index is 0.187. The number of carbonyl (C=O) groups is 1. The number of para-hydroxylation sites is 1. The molecule has 0 unspecified atom stereocenters. The van der Waals surface area contributed by atoms with E-state index < -0.39 is 5.97 Å². The fraction of sp³-hybridized carbons (Fsp3) is 0.300. The summed E-state index contributed by atoms with van der Waals surface area (Å²) in [5.41, 5.74) is 5.05. The maximum Gasteiger partial charge on any atom is 0.337 e. The van der Waals surface area contributed by atoms with Crippen LogP contribution < -0.4 is 9.47 Å². The zero-order valence-electron chi connectivity index (χ0n) is 22.2. The molecule has 0 bridgehead atoms. The molecule has 0 spiro atoms. The number of tetrazole rings is 1. The molecule has 10 heteroatoms. The van der Waals surface area contributed by atoms with E-state index in [4.69, 9.17) is 9.47 Å². The van der Waals surface area contributed by atoms with Gasteiger partial charge in [0.2, 0.25) is 5.82 Å². The number of ether oxygens (including phenoxy) is 2. The number of benzene rings is 3. The number of aromatic amines is 1. The Morgan fingerprint density at radius 2 is 1.88 bits per heavy atom. The maximum absolute atomic E-state index is 12.0. The van der Waals surface area contributed by atoms with Crippen molar-refractivity contribution in [2.24, 2.45) is 0 Å². The van der Waals surface area contributed by atoms with Crippen molar-refractivity contribution in [1.29, 1.82) is 0 Å². The molecule has 1 saturated carbocycles. The van der Waals surface area contributed by atoms with Gasteiger partial charge < -0.3 is 14.6 Å². The summed E-state index contributed by atoms with van der Waals surface area (Å²) >= 11 is 0. The molecule has 2 aromatic heterocycles. The molecular weight excluding hydrogens is 508 g/mol. The van der Waals surface area contributed by atoms with Crippen LogP contribution >= 0.6 is 0 Å². The van der Waals surface area contributed by atoms with Gasteiger partial charge in [-0.1, -0.05) is 36.8 Å². The maximum atomic E-state index is 12.0. The minimum Gasteiger partial charge on any atom is -0.490 e. The molecule has 0 atom stereocenters. The Morgan fingerprint density at radius 3 is 2.60 bits per heavy atom. The Kier molecular flexibility index (Phi) is 7.13. The number of H-pyrrole nitrogens is 1. The third kappa shape index (κ3) is 5.12. The number of carboxylic acid groups (broad SMARTS) is 1. The van der Waals surface area contributed by atoms with Gasteiger partial charge in [0.1, 0.15) is 5.75 Å². The van der Waals surface area contributed by atoms with Crippen LogP contribution in [0.4, 0.5) is 0 Å². The Morgan fingerprint density at radius 1 is 1.05 bits per heavy atom. The first-order valence-corrected chi connectivity index (χ1v) is 13.6. The van der Waals surface area contributed by atoms with Gasteiger partial charge in [-0.3, -0.25) is 4.57 Å². The van der Waals surface area contributed by atoms with Crippen LogP contribution in [0.5, 0.6) is 11.8 Å². The summed E-state index contributed by atoms with van der Waals surface area (Å²) in [5, 5.41) is 24.5. The smallest absolute Gasteiger partial charge is 0.337 e. The van der Waals surface area contributed by atoms with E-state index in [2.05, 4.69) is 25.6 Å². The van der Waals surface area contributed by atoms with E-state index in [0.29, 0.717) is 36.0 Å². The van der Waals surface area contributed by atoms with Crippen LogP contribution in [0.3, 0.4) is 0 Å². The molecule has 2 heterocycles. The molecule has 1 fully saturated rings. The lowest BCUT2D eigenvalue weighted by molar-refractivity contribution is 0.0698. The van der Waals surface area contributed by atoms with Crippen molar-refractivity contribution in [3.05, 3.63) is 71.8 Å². The van der Waals surface area contributed by atoms with E-state index in [9.17, 15) is 9.90 Å². The Hall–Kier alpha value is -4.73. The predicted octanol–water partition coefficient (Wildman–Crippen LogP) is 5.74. The van der Waals surface area contributed by atoms with Gasteiger partial charge in [0.25, 0.3) is 6.01 Å². The molecule has 1 aliphatic carbocycles. The van der Waals surface area contributed by atoms with Crippen molar-refractivity contribution in [1.82, 2.24) is 30.2 Å². The first-order valence-electron chi connectivity index (χ1n) is 13.6. The lowest BCUT2D eigenvalue weighted by atomic mass is 9.96. The molecule has 0 aliphatic heterocycles. The highest BCUT2D eigenvalue weighted by Gasteiger charge is 2.20. The number of fused-ring (bicyclic) bond motifs is 1. The second kappa shape index (κ2) is 11.2. The molecule has 6 rings (SSSR count). The average Bonchev–Trinajstić information content (AvgIpc) is 3.63. The van der Waals surface area contributed by atoms with Crippen molar-refractivity contribution < 1.29 is 19.4 Å². The monoisotopic (exact) mass is 538 g/mol. The molecule has 5 aromatic rings. The van der Waals surface area contributed by atoms with Crippen LogP contribution in [0.15, 0.2) is 60.7 Å². The SMILES string of the molecule is CCOc1nc2cccc(C(=O)O)c2n1Cc1ccc(-c2cc(OC3CCCCC3)ccc2-c2nn[nH]n2)cc1. The quantitative estimate of drug-likeness (QED) is 0.243. The Labute approximate surface area is 231 Å². The zero-order valence-corrected chi connectivity index (χ0v) is 22.2. The molecule has 40 heavy (non-hydrogen) atoms. The van der Waals surface area contributed by atoms with E-state index in [1.165, 1.54) is 19.3 Å². The van der Waals surface area contributed by atoms with Crippen molar-refractivity contribution in [2.45, 2.75) is 51.7 Å². The molecule has 3 aromatic carbocycles. The molecule has 0 amide bonds. The standard InChI is InChI=1S/C30H30N6O4/c1-2-39-30-31-26-10-6-9-24(29(37)38)27(26)36(30)18-19-11-13-20(14-12-19)25-17-22(40-21-7-4-3-5-8-21)15-16-23(25)28-32-34-35-33-28/h6,9-17,21H,2-5,7-8,18H2,1H3,(H,37,38)(H,32,33,34,35). The molecular formula is C30H30N6O4. The molecule has 0 radical (unpaired) electrons. The highest BCUT2D eigenvalue weighted by Crippen LogP contribution is 2.35. The van der Waals surface area contributed by atoms with Gasteiger partial charge in [-0.25, -0.2) is 4.79 Å². The van der Waals surface area contributed by atoms with Gasteiger partial charge in [-0.05, 0) is 84.8 Å². The Bertz CT molecular complexity index is 1620. The van der Waals surface area contributed by atoms with E-state index in [1.807, 2.05) is 54.0 Å². The fourth-order valence-corrected chi connectivity index (χ4v) is 5.38. The fourth-order valence-electron chi connectivity index (χ4n) is 5.38. The van der Waals surface area contributed by atoms with Crippen molar-refractivity contribution in [3.8, 4) is 34.3 Å². The number of nitrogens with one attached hydrogen (secondary N) is 1. The van der Waals surface area contributed by atoms with Gasteiger partial charge in [-0.15, -0.1) is 10.2 Å². The first kappa shape index (κ1) is 25.5. The molecule has 1 aliphatic rings. The summed E-state index contributed by atoms with van der Waals surface area (Å²) in [5.74, 6) is 0.330. The van der Waals surface area contributed by atoms with Gasteiger partial charge in [0.05, 0.1) is 35.9 Å². The highest BCUT2D eigenvalue weighted by molar-refractivity contribution is 6.01. The summed E-state index contributed by atoms with van der Waals surface area (Å²) in [4.78, 5) is 16.5. The topological polar surface area (TPSA) is 128 Å². The molecule has 0 saturated heterocycles. The number of aromatic nitrogens is 6. The lowest BCUT2D eigenvalue weighted by Crippen LogP contribution is -2.19. The third-order valence-electron chi connectivity index (χ3n) is 7.27. The predicted molar refractivity (Wildman–Crippen MR) is 150 cm³/mol.